The van der Waals surface area contributed by atoms with E-state index >= 15 is 0 Å². The monoisotopic (exact) mass is 648 g/mol. The Labute approximate surface area is 284 Å². The van der Waals surface area contributed by atoms with Crippen molar-refractivity contribution in [2.75, 3.05) is 0 Å². The Morgan fingerprint density at radius 2 is 1.25 bits per heavy atom. The Kier molecular flexibility index (Phi) is 8.77. The molecule has 0 fully saturated rings. The van der Waals surface area contributed by atoms with E-state index in [4.69, 9.17) is 16.8 Å². The van der Waals surface area contributed by atoms with Crippen LogP contribution in [0.4, 0.5) is 0 Å². The smallest absolute Gasteiger partial charge is 0.184 e. The van der Waals surface area contributed by atoms with E-state index in [-0.39, 0.29) is 5.15 Å². The number of imidazole rings is 1. The van der Waals surface area contributed by atoms with Crippen LogP contribution in [0.5, 0.6) is 0 Å². The van der Waals surface area contributed by atoms with Crippen molar-refractivity contribution in [2.24, 2.45) is 0 Å². The van der Waals surface area contributed by atoms with Gasteiger partial charge in [-0.3, -0.25) is 4.79 Å². The summed E-state index contributed by atoms with van der Waals surface area (Å²) in [6.07, 6.45) is 2.43. The number of rotatable bonds is 11. The summed E-state index contributed by atoms with van der Waals surface area (Å²) in [5.41, 5.74) is 6.59. The maximum atomic E-state index is 11.9. The summed E-state index contributed by atoms with van der Waals surface area (Å²) in [6.45, 7) is 2.58. The van der Waals surface area contributed by atoms with Crippen molar-refractivity contribution in [3.63, 3.8) is 0 Å². The van der Waals surface area contributed by atoms with E-state index in [2.05, 4.69) is 131 Å². The first kappa shape index (κ1) is 31.0. The fourth-order valence-electron chi connectivity index (χ4n) is 6.57. The quantitative estimate of drug-likeness (QED) is 0.104. The minimum atomic E-state index is -0.863. The van der Waals surface area contributed by atoms with Gasteiger partial charge in [0.1, 0.15) is 17.1 Å². The predicted octanol–water partition coefficient (Wildman–Crippen LogP) is 8.51. The van der Waals surface area contributed by atoms with Crippen LogP contribution in [0.2, 0.25) is 5.15 Å². The van der Waals surface area contributed by atoms with E-state index in [1.54, 1.807) is 0 Å². The van der Waals surface area contributed by atoms with Gasteiger partial charge in [0.15, 0.2) is 17.3 Å². The summed E-state index contributed by atoms with van der Waals surface area (Å²) in [7, 11) is 0. The van der Waals surface area contributed by atoms with Crippen LogP contribution in [0.1, 0.15) is 51.9 Å². The summed E-state index contributed by atoms with van der Waals surface area (Å²) in [5, 5.41) is 14.0. The minimum absolute atomic E-state index is 0.245. The lowest BCUT2D eigenvalue weighted by Gasteiger charge is -2.36. The van der Waals surface area contributed by atoms with Gasteiger partial charge < -0.3 is 4.57 Å². The highest BCUT2D eigenvalue weighted by Crippen LogP contribution is 2.43. The largest absolute Gasteiger partial charge is 0.320 e. The Morgan fingerprint density at radius 1 is 0.708 bits per heavy atom. The molecule has 0 bridgehead atoms. The number of aryl methyl sites for hydroxylation is 1. The first-order chi connectivity index (χ1) is 23.6. The molecule has 236 valence electrons. The van der Waals surface area contributed by atoms with Crippen LogP contribution in [0.15, 0.2) is 140 Å². The van der Waals surface area contributed by atoms with Crippen molar-refractivity contribution < 1.29 is 4.79 Å². The normalized spacial score (nSPS) is 11.5. The summed E-state index contributed by atoms with van der Waals surface area (Å²) in [5.74, 6) is 1.45. The molecule has 0 N–H and O–H groups in total. The number of tetrazole rings is 1. The number of hydrogen-bond donors (Lipinski definition) is 0. The Balaban J connectivity index is 1.35. The number of carbonyl (C=O) groups is 1. The molecule has 7 rings (SSSR count). The van der Waals surface area contributed by atoms with Crippen molar-refractivity contribution in [3.05, 3.63) is 178 Å². The molecule has 0 unspecified atom stereocenters. The molecule has 0 saturated carbocycles. The number of carbonyl (C=O) groups excluding carboxylic acids is 1. The average Bonchev–Trinajstić information content (AvgIpc) is 3.74. The zero-order valence-electron chi connectivity index (χ0n) is 26.4. The van der Waals surface area contributed by atoms with Crippen molar-refractivity contribution in [1.29, 1.82) is 0 Å². The number of hydrogen-bond acceptors (Lipinski definition) is 5. The summed E-state index contributed by atoms with van der Waals surface area (Å²) in [6, 6.07) is 47.7. The van der Waals surface area contributed by atoms with Crippen LogP contribution < -0.4 is 0 Å². The highest BCUT2D eigenvalue weighted by molar-refractivity contribution is 6.31. The van der Waals surface area contributed by atoms with Gasteiger partial charge in [-0.15, -0.1) is 5.10 Å². The van der Waals surface area contributed by atoms with Gasteiger partial charge in [0.05, 0.1) is 0 Å². The van der Waals surface area contributed by atoms with Crippen LogP contribution >= 0.6 is 11.6 Å². The number of halogens is 1. The second kappa shape index (κ2) is 13.6. The number of benzene rings is 5. The van der Waals surface area contributed by atoms with Crippen LogP contribution in [0.3, 0.4) is 0 Å². The molecule has 0 spiro atoms. The zero-order chi connectivity index (χ0) is 32.9. The van der Waals surface area contributed by atoms with Crippen LogP contribution in [-0.4, -0.2) is 36.0 Å². The molecule has 5 aromatic carbocycles. The van der Waals surface area contributed by atoms with E-state index in [0.717, 1.165) is 63.9 Å². The van der Waals surface area contributed by atoms with Gasteiger partial charge in [-0.05, 0) is 50.2 Å². The lowest BCUT2D eigenvalue weighted by Crippen LogP contribution is -2.39. The fourth-order valence-corrected chi connectivity index (χ4v) is 6.82. The Morgan fingerprint density at radius 3 is 1.79 bits per heavy atom. The van der Waals surface area contributed by atoms with E-state index in [1.807, 2.05) is 39.6 Å². The predicted molar refractivity (Wildman–Crippen MR) is 189 cm³/mol. The number of aldehydes is 1. The molecule has 2 heterocycles. The zero-order valence-corrected chi connectivity index (χ0v) is 27.2. The maximum absolute atomic E-state index is 11.9. The summed E-state index contributed by atoms with van der Waals surface area (Å²) >= 11 is 6.30. The molecular weight excluding hydrogens is 616 g/mol. The third-order valence-corrected chi connectivity index (χ3v) is 9.04. The second-order valence-corrected chi connectivity index (χ2v) is 12.0. The van der Waals surface area contributed by atoms with E-state index in [0.29, 0.717) is 18.1 Å². The lowest BCUT2D eigenvalue weighted by molar-refractivity contribution is 0.111. The minimum Gasteiger partial charge on any atom is -0.320 e. The van der Waals surface area contributed by atoms with E-state index in [1.165, 1.54) is 0 Å². The van der Waals surface area contributed by atoms with Crippen molar-refractivity contribution >= 4 is 17.9 Å². The molecule has 8 heteroatoms. The highest BCUT2D eigenvalue weighted by atomic mass is 35.5. The fraction of sp³-hybridized carbons (Fsp3) is 0.125. The van der Waals surface area contributed by atoms with Gasteiger partial charge in [0.25, 0.3) is 0 Å². The van der Waals surface area contributed by atoms with Crippen molar-refractivity contribution in [1.82, 2.24) is 29.8 Å². The van der Waals surface area contributed by atoms with Gasteiger partial charge >= 0.3 is 0 Å². The van der Waals surface area contributed by atoms with Crippen LogP contribution in [-0.2, 0) is 18.5 Å². The second-order valence-electron chi connectivity index (χ2n) is 11.6. The van der Waals surface area contributed by atoms with Crippen molar-refractivity contribution in [2.45, 2.75) is 31.8 Å². The molecule has 0 aliphatic heterocycles. The number of nitrogens with zero attached hydrogens (tertiary/aromatic N) is 6. The standard InChI is InChI=1S/C40H33ClN6O/c1-2-14-37-42-38(41)36(28-48)46(37)27-29-23-25-30(26-24-29)34-21-12-13-22-35(34)39-43-44-45-47(39)40(31-15-6-3-7-16-31,32-17-8-4-9-18-32)33-19-10-5-11-20-33/h3-13,15-26,28H,2,14,27H2,1H3. The van der Waals surface area contributed by atoms with Gasteiger partial charge in [-0.1, -0.05) is 158 Å². The van der Waals surface area contributed by atoms with E-state index in [9.17, 15) is 4.79 Å². The Bertz CT molecular complexity index is 2050. The summed E-state index contributed by atoms with van der Waals surface area (Å²) in [4.78, 5) is 16.3. The van der Waals surface area contributed by atoms with E-state index < -0.39 is 5.54 Å². The molecule has 48 heavy (non-hydrogen) atoms. The molecular formula is C40H33ClN6O. The van der Waals surface area contributed by atoms with Gasteiger partial charge in [0.2, 0.25) is 0 Å². The molecule has 0 radical (unpaired) electrons. The summed E-state index contributed by atoms with van der Waals surface area (Å²) < 4.78 is 3.87. The molecule has 0 amide bonds. The van der Waals surface area contributed by atoms with Crippen LogP contribution in [0, 0.1) is 0 Å². The molecule has 2 aromatic heterocycles. The third kappa shape index (κ3) is 5.52. The van der Waals surface area contributed by atoms with Crippen LogP contribution in [0.25, 0.3) is 22.5 Å². The third-order valence-electron chi connectivity index (χ3n) is 8.76. The molecule has 0 aliphatic carbocycles. The lowest BCUT2D eigenvalue weighted by atomic mass is 9.77. The number of aromatic nitrogens is 6. The highest BCUT2D eigenvalue weighted by Gasteiger charge is 2.42. The molecule has 7 aromatic rings. The van der Waals surface area contributed by atoms with Gasteiger partial charge in [0, 0.05) is 18.5 Å². The Hall–Kier alpha value is -5.66. The molecule has 7 nitrogen and oxygen atoms in total. The average molecular weight is 649 g/mol. The SMILES string of the molecule is CCCc1nc(Cl)c(C=O)n1Cc1ccc(-c2ccccc2-c2nnnn2C(c2ccccc2)(c2ccccc2)c2ccccc2)cc1. The maximum Gasteiger partial charge on any atom is 0.184 e. The molecule has 0 atom stereocenters. The first-order valence-electron chi connectivity index (χ1n) is 16.0. The molecule has 0 aliphatic rings. The first-order valence-corrected chi connectivity index (χ1v) is 16.4. The van der Waals surface area contributed by atoms with Gasteiger partial charge in [-0.2, -0.15) is 0 Å². The molecule has 0 saturated heterocycles. The van der Waals surface area contributed by atoms with Gasteiger partial charge in [-0.25, -0.2) is 9.67 Å². The topological polar surface area (TPSA) is 78.5 Å². The van der Waals surface area contributed by atoms with Crippen molar-refractivity contribution in [3.8, 4) is 22.5 Å².